The average molecular weight is 373 g/mol. The molecule has 1 N–H and O–H groups in total. The van der Waals surface area contributed by atoms with Crippen molar-refractivity contribution in [3.63, 3.8) is 0 Å². The number of piperazine rings is 1. The molecule has 1 fully saturated rings. The third-order valence-corrected chi connectivity index (χ3v) is 4.65. The highest BCUT2D eigenvalue weighted by Crippen LogP contribution is 2.19. The van der Waals surface area contributed by atoms with Gasteiger partial charge in [0.05, 0.1) is 19.6 Å². The molecule has 1 aliphatic heterocycles. The lowest BCUT2D eigenvalue weighted by Gasteiger charge is -2.34. The third-order valence-electron chi connectivity index (χ3n) is 4.65. The number of benzene rings is 1. The van der Waals surface area contributed by atoms with Gasteiger partial charge in [-0.3, -0.25) is 14.5 Å². The van der Waals surface area contributed by atoms with Crippen LogP contribution in [-0.4, -0.2) is 68.0 Å². The molecular weight excluding hydrogens is 342 g/mol. The Morgan fingerprint density at radius 1 is 1.41 bits per heavy atom. The maximum atomic E-state index is 12.5. The van der Waals surface area contributed by atoms with E-state index in [0.717, 1.165) is 17.9 Å². The molecule has 1 atom stereocenters. The Balaban J connectivity index is 2.01. The van der Waals surface area contributed by atoms with Crippen molar-refractivity contribution in [2.24, 2.45) is 5.92 Å². The van der Waals surface area contributed by atoms with Crippen LogP contribution in [0.3, 0.4) is 0 Å². The Hall–Kier alpha value is -2.34. The summed E-state index contributed by atoms with van der Waals surface area (Å²) in [7, 11) is 3.45. The second-order valence-corrected chi connectivity index (χ2v) is 7.32. The number of para-hydroxylation sites is 1. The minimum Gasteiger partial charge on any atom is -0.496 e. The van der Waals surface area contributed by atoms with E-state index in [1.165, 1.54) is 0 Å². The first-order valence-electron chi connectivity index (χ1n) is 9.47. The lowest BCUT2D eigenvalue weighted by Crippen LogP contribution is -2.56. The van der Waals surface area contributed by atoms with Gasteiger partial charge in [-0.1, -0.05) is 44.2 Å². The van der Waals surface area contributed by atoms with Crippen molar-refractivity contribution < 1.29 is 14.3 Å². The van der Waals surface area contributed by atoms with Gasteiger partial charge in [0.1, 0.15) is 5.75 Å². The number of nitrogens with zero attached hydrogens (tertiary/aromatic N) is 2. The van der Waals surface area contributed by atoms with Gasteiger partial charge in [-0.05, 0) is 12.0 Å². The number of methoxy groups -OCH3 is 1. The molecule has 2 amide bonds. The Morgan fingerprint density at radius 2 is 2.15 bits per heavy atom. The van der Waals surface area contributed by atoms with Crippen molar-refractivity contribution in [1.29, 1.82) is 0 Å². The predicted octanol–water partition coefficient (Wildman–Crippen LogP) is 2.01. The molecule has 1 heterocycles. The average Bonchev–Trinajstić information content (AvgIpc) is 2.64. The molecule has 0 radical (unpaired) electrons. The normalized spacial score (nSPS) is 18.0. The van der Waals surface area contributed by atoms with Crippen molar-refractivity contribution in [1.82, 2.24) is 15.1 Å². The van der Waals surface area contributed by atoms with Gasteiger partial charge in [0.25, 0.3) is 0 Å². The van der Waals surface area contributed by atoms with Gasteiger partial charge in [0.15, 0.2) is 0 Å². The van der Waals surface area contributed by atoms with E-state index in [4.69, 9.17) is 4.74 Å². The fraction of sp³-hybridized carbons (Fsp3) is 0.524. The molecule has 2 rings (SSSR count). The first-order chi connectivity index (χ1) is 12.9. The fourth-order valence-corrected chi connectivity index (χ4v) is 3.29. The van der Waals surface area contributed by atoms with Crippen LogP contribution in [0.5, 0.6) is 5.75 Å². The molecule has 0 spiro atoms. The summed E-state index contributed by atoms with van der Waals surface area (Å²) in [4.78, 5) is 28.6. The lowest BCUT2D eigenvalue weighted by atomic mass is 10.1. The lowest BCUT2D eigenvalue weighted by molar-refractivity contribution is -0.138. The quantitative estimate of drug-likeness (QED) is 0.757. The number of carbonyl (C=O) groups is 2. The maximum Gasteiger partial charge on any atom is 0.237 e. The highest BCUT2D eigenvalue weighted by atomic mass is 16.5. The molecule has 0 aromatic heterocycles. The number of carbonyl (C=O) groups excluding carboxylic acids is 2. The van der Waals surface area contributed by atoms with Gasteiger partial charge in [-0.25, -0.2) is 0 Å². The van der Waals surface area contributed by atoms with Gasteiger partial charge >= 0.3 is 0 Å². The van der Waals surface area contributed by atoms with Gasteiger partial charge in [0, 0.05) is 38.8 Å². The van der Waals surface area contributed by atoms with E-state index < -0.39 is 6.04 Å². The zero-order chi connectivity index (χ0) is 19.8. The number of amides is 2. The first kappa shape index (κ1) is 21.0. The van der Waals surface area contributed by atoms with E-state index in [9.17, 15) is 9.59 Å². The molecule has 0 saturated carbocycles. The van der Waals surface area contributed by atoms with E-state index in [0.29, 0.717) is 25.6 Å². The molecule has 1 unspecified atom stereocenters. The van der Waals surface area contributed by atoms with Crippen molar-refractivity contribution in [2.75, 3.05) is 40.3 Å². The second-order valence-electron chi connectivity index (χ2n) is 7.32. The fourth-order valence-electron chi connectivity index (χ4n) is 3.29. The highest BCUT2D eigenvalue weighted by molar-refractivity contribution is 5.88. The van der Waals surface area contributed by atoms with Crippen molar-refractivity contribution in [3.8, 4) is 5.75 Å². The largest absolute Gasteiger partial charge is 0.496 e. The van der Waals surface area contributed by atoms with Gasteiger partial charge in [-0.2, -0.15) is 0 Å². The Morgan fingerprint density at radius 3 is 2.85 bits per heavy atom. The molecule has 1 saturated heterocycles. The Labute approximate surface area is 162 Å². The molecule has 27 heavy (non-hydrogen) atoms. The van der Waals surface area contributed by atoms with Crippen LogP contribution in [0, 0.1) is 5.92 Å². The zero-order valence-electron chi connectivity index (χ0n) is 16.8. The van der Waals surface area contributed by atoms with Crippen LogP contribution >= 0.6 is 0 Å². The smallest absolute Gasteiger partial charge is 0.237 e. The third kappa shape index (κ3) is 6.10. The van der Waals surface area contributed by atoms with Crippen LogP contribution < -0.4 is 10.1 Å². The SMILES string of the molecule is COc1ccccc1/C=C/CN1CCNC(=O)C1CC(=O)N(C)CC(C)C. The summed E-state index contributed by atoms with van der Waals surface area (Å²) < 4.78 is 5.36. The minimum absolute atomic E-state index is 0.00413. The monoisotopic (exact) mass is 373 g/mol. The van der Waals surface area contributed by atoms with Crippen molar-refractivity contribution in [2.45, 2.75) is 26.3 Å². The van der Waals surface area contributed by atoms with Gasteiger partial charge in [0.2, 0.25) is 11.8 Å². The van der Waals surface area contributed by atoms with E-state index in [1.807, 2.05) is 36.4 Å². The number of ether oxygens (including phenoxy) is 1. The van der Waals surface area contributed by atoms with Gasteiger partial charge in [-0.15, -0.1) is 0 Å². The van der Waals surface area contributed by atoms with Crippen LogP contribution in [0.2, 0.25) is 0 Å². The van der Waals surface area contributed by atoms with E-state index in [2.05, 4.69) is 24.1 Å². The number of nitrogens with one attached hydrogen (secondary N) is 1. The number of hydrogen-bond donors (Lipinski definition) is 1. The van der Waals surface area contributed by atoms with Crippen LogP contribution in [0.25, 0.3) is 6.08 Å². The molecule has 1 aromatic rings. The summed E-state index contributed by atoms with van der Waals surface area (Å²) in [5, 5.41) is 2.88. The molecule has 6 nitrogen and oxygen atoms in total. The van der Waals surface area contributed by atoms with Crippen molar-refractivity contribution in [3.05, 3.63) is 35.9 Å². The molecule has 148 valence electrons. The first-order valence-corrected chi connectivity index (χ1v) is 9.47. The molecule has 1 aromatic carbocycles. The Kier molecular flexibility index (Phi) is 7.85. The summed E-state index contributed by atoms with van der Waals surface area (Å²) in [6.07, 6.45) is 4.22. The molecular formula is C21H31N3O3. The summed E-state index contributed by atoms with van der Waals surface area (Å²) in [5.41, 5.74) is 0.991. The van der Waals surface area contributed by atoms with Crippen LogP contribution in [-0.2, 0) is 9.59 Å². The number of rotatable bonds is 8. The number of hydrogen-bond acceptors (Lipinski definition) is 4. The summed E-state index contributed by atoms with van der Waals surface area (Å²) in [6.45, 7) is 6.79. The zero-order valence-corrected chi connectivity index (χ0v) is 16.8. The summed E-state index contributed by atoms with van der Waals surface area (Å²) >= 11 is 0. The van der Waals surface area contributed by atoms with E-state index in [1.54, 1.807) is 19.1 Å². The van der Waals surface area contributed by atoms with Crippen LogP contribution in [0.4, 0.5) is 0 Å². The molecule has 1 aliphatic rings. The highest BCUT2D eigenvalue weighted by Gasteiger charge is 2.31. The molecule has 0 bridgehead atoms. The van der Waals surface area contributed by atoms with Crippen molar-refractivity contribution >= 4 is 17.9 Å². The predicted molar refractivity (Wildman–Crippen MR) is 107 cm³/mol. The van der Waals surface area contributed by atoms with Crippen LogP contribution in [0.15, 0.2) is 30.3 Å². The summed E-state index contributed by atoms with van der Waals surface area (Å²) in [6, 6.07) is 7.37. The molecule has 0 aliphatic carbocycles. The topological polar surface area (TPSA) is 61.9 Å². The van der Waals surface area contributed by atoms with Crippen LogP contribution in [0.1, 0.15) is 25.8 Å². The van der Waals surface area contributed by atoms with E-state index in [-0.39, 0.29) is 18.2 Å². The summed E-state index contributed by atoms with van der Waals surface area (Å²) in [5.74, 6) is 1.15. The Bertz CT molecular complexity index is 672. The minimum atomic E-state index is -0.428. The standard InChI is InChI=1S/C21H31N3O3/c1-16(2)15-23(3)20(25)14-18-21(26)22-11-13-24(18)12-7-9-17-8-5-6-10-19(17)27-4/h5-10,16,18H,11-15H2,1-4H3,(H,22,26)/b9-7+. The second kappa shape index (κ2) is 10.1. The maximum absolute atomic E-state index is 12.5. The molecule has 6 heteroatoms. The van der Waals surface area contributed by atoms with E-state index >= 15 is 0 Å². The van der Waals surface area contributed by atoms with Gasteiger partial charge < -0.3 is 15.0 Å².